The molecule has 7 rings (SSSR count). The molecule has 0 saturated carbocycles. The maximum atomic E-state index is 13.0. The van der Waals surface area contributed by atoms with Crippen molar-refractivity contribution in [3.05, 3.63) is 131 Å². The van der Waals surface area contributed by atoms with Crippen molar-refractivity contribution in [3.8, 4) is 0 Å². The summed E-state index contributed by atoms with van der Waals surface area (Å²) in [7, 11) is 0. The number of carbonyl (C=O) groups is 3. The van der Waals surface area contributed by atoms with E-state index in [0.717, 1.165) is 79.8 Å². The summed E-state index contributed by atoms with van der Waals surface area (Å²) in [5.41, 5.74) is 9.76. The molecule has 3 aliphatic rings. The summed E-state index contributed by atoms with van der Waals surface area (Å²) in [5.74, 6) is -1.14. The van der Waals surface area contributed by atoms with E-state index in [-0.39, 0.29) is 42.0 Å². The number of hydrogen-bond acceptors (Lipinski definition) is 7. The molecular formula is C57H70N3O6+. The lowest BCUT2D eigenvalue weighted by Crippen LogP contribution is -2.29. The number of nitrogens with one attached hydrogen (secondary N) is 1. The maximum absolute atomic E-state index is 13.0. The molecule has 0 fully saturated rings. The predicted octanol–water partition coefficient (Wildman–Crippen LogP) is 12.3. The van der Waals surface area contributed by atoms with E-state index in [4.69, 9.17) is 9.47 Å². The van der Waals surface area contributed by atoms with Gasteiger partial charge in [0, 0.05) is 59.7 Å². The molecule has 0 aromatic heterocycles. The Balaban J connectivity index is 1.29. The molecule has 66 heavy (non-hydrogen) atoms. The molecule has 0 amide bonds. The molecule has 4 aromatic carbocycles. The SMILES string of the molecule is CCCCOC(=O)CCN1C(=CC=C2CCCC(C=CC3=[N+](CCC(=O)OCCCC)c4ccc5ccccc5c4C3(C)C)=C2NCCCCC(=O)O)C(C)(C)c2c1ccc1ccccc21. The van der Waals surface area contributed by atoms with E-state index >= 15 is 0 Å². The number of benzene rings is 4. The Morgan fingerprint density at radius 3 is 2.06 bits per heavy atom. The fourth-order valence-electron chi connectivity index (χ4n) is 10.2. The summed E-state index contributed by atoms with van der Waals surface area (Å²) < 4.78 is 13.6. The van der Waals surface area contributed by atoms with Crippen LogP contribution in [0.3, 0.4) is 0 Å². The van der Waals surface area contributed by atoms with Gasteiger partial charge in [-0.25, -0.2) is 0 Å². The average molecular weight is 893 g/mol. The zero-order valence-electron chi connectivity index (χ0n) is 40.1. The summed E-state index contributed by atoms with van der Waals surface area (Å²) in [6.45, 7) is 15.9. The predicted molar refractivity (Wildman–Crippen MR) is 268 cm³/mol. The summed E-state index contributed by atoms with van der Waals surface area (Å²) in [4.78, 5) is 39.8. The number of rotatable bonds is 21. The van der Waals surface area contributed by atoms with E-state index in [0.29, 0.717) is 39.3 Å². The zero-order chi connectivity index (χ0) is 46.8. The van der Waals surface area contributed by atoms with Crippen LogP contribution in [0.25, 0.3) is 21.5 Å². The van der Waals surface area contributed by atoms with Gasteiger partial charge in [-0.2, -0.15) is 4.58 Å². The second kappa shape index (κ2) is 21.6. The number of allylic oxidation sites excluding steroid dienone is 7. The number of ether oxygens (including phenoxy) is 2. The second-order valence-electron chi connectivity index (χ2n) is 19.1. The molecule has 0 radical (unpaired) electrons. The van der Waals surface area contributed by atoms with Crippen LogP contribution < -0.4 is 10.2 Å². The van der Waals surface area contributed by atoms with Gasteiger partial charge in [0.15, 0.2) is 12.3 Å². The quantitative estimate of drug-likeness (QED) is 0.0484. The summed E-state index contributed by atoms with van der Waals surface area (Å²) in [5, 5.41) is 18.0. The number of aliphatic carboxylic acids is 1. The van der Waals surface area contributed by atoms with Crippen molar-refractivity contribution in [1.82, 2.24) is 5.32 Å². The molecule has 0 unspecified atom stereocenters. The zero-order valence-corrected chi connectivity index (χ0v) is 40.1. The first kappa shape index (κ1) is 48.0. The topological polar surface area (TPSA) is 108 Å². The molecule has 1 aliphatic carbocycles. The number of unbranched alkanes of at least 4 members (excludes halogenated alkanes) is 3. The van der Waals surface area contributed by atoms with Gasteiger partial charge >= 0.3 is 17.9 Å². The average Bonchev–Trinajstić information content (AvgIpc) is 3.66. The van der Waals surface area contributed by atoms with Crippen molar-refractivity contribution in [3.63, 3.8) is 0 Å². The van der Waals surface area contributed by atoms with Gasteiger partial charge in [0.05, 0.1) is 25.0 Å². The van der Waals surface area contributed by atoms with Crippen LogP contribution in [-0.4, -0.2) is 66.1 Å². The van der Waals surface area contributed by atoms with Crippen molar-refractivity contribution >= 4 is 56.5 Å². The van der Waals surface area contributed by atoms with Gasteiger partial charge in [-0.15, -0.1) is 0 Å². The number of carboxylic acids is 1. The maximum Gasteiger partial charge on any atom is 0.312 e. The Hall–Kier alpha value is -5.96. The monoisotopic (exact) mass is 893 g/mol. The van der Waals surface area contributed by atoms with Crippen LogP contribution in [0, 0.1) is 0 Å². The van der Waals surface area contributed by atoms with Crippen LogP contribution >= 0.6 is 0 Å². The Morgan fingerprint density at radius 2 is 1.38 bits per heavy atom. The molecule has 2 heterocycles. The Kier molecular flexibility index (Phi) is 15.7. The van der Waals surface area contributed by atoms with Crippen LogP contribution in [0.15, 0.2) is 120 Å². The first-order chi connectivity index (χ1) is 31.9. The van der Waals surface area contributed by atoms with Gasteiger partial charge in [0.1, 0.15) is 6.42 Å². The molecule has 0 atom stereocenters. The molecule has 0 saturated heterocycles. The number of esters is 2. The van der Waals surface area contributed by atoms with Crippen molar-refractivity contribution < 1.29 is 33.5 Å². The molecule has 9 nitrogen and oxygen atoms in total. The van der Waals surface area contributed by atoms with Gasteiger partial charge < -0.3 is 24.8 Å². The van der Waals surface area contributed by atoms with Crippen molar-refractivity contribution in [2.45, 2.75) is 129 Å². The normalized spacial score (nSPS) is 17.6. The molecular weight excluding hydrogens is 823 g/mol. The third-order valence-electron chi connectivity index (χ3n) is 13.6. The lowest BCUT2D eigenvalue weighted by molar-refractivity contribution is -0.436. The van der Waals surface area contributed by atoms with Crippen LogP contribution in [-0.2, 0) is 34.7 Å². The van der Waals surface area contributed by atoms with Crippen LogP contribution in [0.2, 0.25) is 0 Å². The molecule has 348 valence electrons. The first-order valence-corrected chi connectivity index (χ1v) is 24.4. The summed E-state index contributed by atoms with van der Waals surface area (Å²) >= 11 is 0. The van der Waals surface area contributed by atoms with Gasteiger partial charge in [0.25, 0.3) is 0 Å². The Labute approximate surface area is 391 Å². The second-order valence-corrected chi connectivity index (χ2v) is 19.1. The van der Waals surface area contributed by atoms with Crippen molar-refractivity contribution in [2.75, 3.05) is 37.7 Å². The smallest absolute Gasteiger partial charge is 0.312 e. The number of fused-ring (bicyclic) bond motifs is 6. The van der Waals surface area contributed by atoms with Crippen molar-refractivity contribution in [2.24, 2.45) is 0 Å². The fraction of sp³-hybridized carbons (Fsp3) is 0.439. The molecule has 2 aliphatic heterocycles. The molecule has 0 spiro atoms. The van der Waals surface area contributed by atoms with E-state index in [1.54, 1.807) is 0 Å². The van der Waals surface area contributed by atoms with Crippen LogP contribution in [0.5, 0.6) is 0 Å². The van der Waals surface area contributed by atoms with Crippen molar-refractivity contribution in [1.29, 1.82) is 0 Å². The van der Waals surface area contributed by atoms with E-state index in [9.17, 15) is 19.5 Å². The van der Waals surface area contributed by atoms with E-state index < -0.39 is 5.97 Å². The highest BCUT2D eigenvalue weighted by atomic mass is 16.5. The standard InChI is InChI=1S/C57H69N3O6/c1-7-9-38-65-51(63)33-36-59-46-29-25-40-18-11-13-22-44(40)53(46)56(3,4)48(59)31-27-42-20-17-21-43(55(42)58-35-16-15-24-50(61)62)28-32-49-57(5,6)54-45-23-14-12-19-41(45)26-30-47(54)60(49)37-34-52(64)66-39-10-8-2/h11-14,18-19,22-23,25-32H,7-10,15-17,20-21,24,33-39H2,1-6H3,(H,61,62)/p+1. The van der Waals surface area contributed by atoms with E-state index in [1.807, 2.05) is 0 Å². The molecule has 2 N–H and O–H groups in total. The molecule has 9 heteroatoms. The molecule has 4 aromatic rings. The van der Waals surface area contributed by atoms with Gasteiger partial charge in [-0.3, -0.25) is 14.4 Å². The first-order valence-electron chi connectivity index (χ1n) is 24.4. The lowest BCUT2D eigenvalue weighted by Gasteiger charge is -2.28. The molecule has 0 bridgehead atoms. The van der Waals surface area contributed by atoms with Gasteiger partial charge in [-0.1, -0.05) is 107 Å². The number of hydrogen-bond donors (Lipinski definition) is 2. The van der Waals surface area contributed by atoms with E-state index in [1.165, 1.54) is 43.8 Å². The highest BCUT2D eigenvalue weighted by molar-refractivity contribution is 6.08. The summed E-state index contributed by atoms with van der Waals surface area (Å²) in [6, 6.07) is 25.8. The van der Waals surface area contributed by atoms with Crippen LogP contribution in [0.4, 0.5) is 11.4 Å². The number of nitrogens with zero attached hydrogens (tertiary/aromatic N) is 2. The Bertz CT molecular complexity index is 2610. The van der Waals surface area contributed by atoms with Crippen LogP contribution in [0.1, 0.15) is 130 Å². The number of carboxylic acid groups (broad SMARTS) is 1. The minimum absolute atomic E-state index is 0.138. The third kappa shape index (κ3) is 10.5. The van der Waals surface area contributed by atoms with Gasteiger partial charge in [0.2, 0.25) is 5.69 Å². The minimum Gasteiger partial charge on any atom is -0.481 e. The van der Waals surface area contributed by atoms with E-state index in [2.05, 4.69) is 153 Å². The number of anilines is 1. The largest absolute Gasteiger partial charge is 0.481 e. The highest BCUT2D eigenvalue weighted by Crippen LogP contribution is 2.51. The van der Waals surface area contributed by atoms with Gasteiger partial charge in [-0.05, 0) is 115 Å². The third-order valence-corrected chi connectivity index (χ3v) is 13.6. The number of carbonyl (C=O) groups excluding carboxylic acids is 2. The fourth-order valence-corrected chi connectivity index (χ4v) is 10.2. The minimum atomic E-state index is -0.779. The summed E-state index contributed by atoms with van der Waals surface area (Å²) in [6.07, 6.45) is 17.5. The Morgan fingerprint density at radius 1 is 0.727 bits per heavy atom. The lowest BCUT2D eigenvalue weighted by atomic mass is 9.78. The highest BCUT2D eigenvalue weighted by Gasteiger charge is 2.46.